The van der Waals surface area contributed by atoms with Gasteiger partial charge in [-0.3, -0.25) is 19.2 Å². The van der Waals surface area contributed by atoms with Crippen LogP contribution in [0, 0.1) is 23.7 Å². The van der Waals surface area contributed by atoms with Gasteiger partial charge in [0.25, 0.3) is 0 Å². The number of rotatable bonds is 16. The zero-order chi connectivity index (χ0) is 26.9. The van der Waals surface area contributed by atoms with E-state index in [0.29, 0.717) is 38.9 Å². The van der Waals surface area contributed by atoms with Gasteiger partial charge in [0.15, 0.2) is 0 Å². The maximum atomic E-state index is 12.5. The van der Waals surface area contributed by atoms with Gasteiger partial charge >= 0.3 is 23.9 Å². The van der Waals surface area contributed by atoms with E-state index in [4.69, 9.17) is 23.7 Å². The van der Waals surface area contributed by atoms with Gasteiger partial charge in [-0.15, -0.1) is 0 Å². The van der Waals surface area contributed by atoms with E-state index >= 15 is 0 Å². The number of allylic oxidation sites excluding steroid dienone is 4. The molecule has 2 rings (SSSR count). The van der Waals surface area contributed by atoms with Gasteiger partial charge in [-0.2, -0.15) is 0 Å². The Hall–Kier alpha value is -2.68. The molecule has 0 amide bonds. The molecule has 0 aromatic heterocycles. The molecule has 37 heavy (non-hydrogen) atoms. The summed E-state index contributed by atoms with van der Waals surface area (Å²) >= 11 is 0. The second-order valence-electron chi connectivity index (χ2n) is 9.30. The van der Waals surface area contributed by atoms with Crippen molar-refractivity contribution in [1.82, 2.24) is 0 Å². The van der Waals surface area contributed by atoms with Crippen LogP contribution in [0.4, 0.5) is 0 Å². The molecule has 2 aliphatic rings. The van der Waals surface area contributed by atoms with Crippen molar-refractivity contribution in [2.45, 2.75) is 65.2 Å². The number of unbranched alkanes of at least 4 members (excludes halogenated alkanes) is 2. The van der Waals surface area contributed by atoms with E-state index in [1.807, 2.05) is 38.2 Å². The molecule has 9 heteroatoms. The largest absolute Gasteiger partial charge is 0.465 e. The molecule has 0 aromatic rings. The van der Waals surface area contributed by atoms with Gasteiger partial charge in [0.05, 0.1) is 50.1 Å². The lowest BCUT2D eigenvalue weighted by molar-refractivity contribution is -0.163. The van der Waals surface area contributed by atoms with Crippen LogP contribution in [0.15, 0.2) is 24.3 Å². The molecular formula is C28H42O9. The molecule has 0 bridgehead atoms. The lowest BCUT2D eigenvalue weighted by Crippen LogP contribution is -2.34. The number of carbonyl (C=O) groups excluding carboxylic acids is 4. The Morgan fingerprint density at radius 2 is 0.811 bits per heavy atom. The van der Waals surface area contributed by atoms with Gasteiger partial charge in [-0.05, 0) is 38.5 Å². The van der Waals surface area contributed by atoms with Gasteiger partial charge in [0.1, 0.15) is 13.2 Å². The predicted molar refractivity (Wildman–Crippen MR) is 135 cm³/mol. The first-order chi connectivity index (χ1) is 18.0. The quantitative estimate of drug-likeness (QED) is 0.129. The fourth-order valence-electron chi connectivity index (χ4n) is 4.24. The summed E-state index contributed by atoms with van der Waals surface area (Å²) in [5, 5.41) is 0. The van der Waals surface area contributed by atoms with Crippen molar-refractivity contribution >= 4 is 23.9 Å². The fraction of sp³-hybridized carbons (Fsp3) is 0.714. The molecule has 4 atom stereocenters. The summed E-state index contributed by atoms with van der Waals surface area (Å²) in [4.78, 5) is 49.8. The molecule has 0 saturated heterocycles. The van der Waals surface area contributed by atoms with E-state index in [0.717, 1.165) is 25.7 Å². The van der Waals surface area contributed by atoms with Gasteiger partial charge in [-0.25, -0.2) is 0 Å². The molecule has 0 N–H and O–H groups in total. The Labute approximate surface area is 219 Å². The molecule has 0 saturated carbocycles. The van der Waals surface area contributed by atoms with Crippen LogP contribution in [0.25, 0.3) is 0 Å². The zero-order valence-corrected chi connectivity index (χ0v) is 22.2. The third-order valence-electron chi connectivity index (χ3n) is 6.50. The number of hydrogen-bond acceptors (Lipinski definition) is 9. The lowest BCUT2D eigenvalue weighted by Gasteiger charge is -2.25. The summed E-state index contributed by atoms with van der Waals surface area (Å²) < 4.78 is 26.7. The average Bonchev–Trinajstić information content (AvgIpc) is 2.92. The second kappa shape index (κ2) is 17.7. The molecule has 0 aliphatic heterocycles. The van der Waals surface area contributed by atoms with Crippen LogP contribution in [-0.4, -0.2) is 63.5 Å². The highest BCUT2D eigenvalue weighted by molar-refractivity contribution is 5.83. The van der Waals surface area contributed by atoms with Crippen molar-refractivity contribution in [2.24, 2.45) is 23.7 Å². The SMILES string of the molecule is CCCCOC(=O)[C@H]1CC=CC[C@H]1C(=O)OCCOCCOC(=O)[C@@H]1CC=CC[C@H]1C(=O)OCCCC. The summed E-state index contributed by atoms with van der Waals surface area (Å²) in [6.45, 7) is 5.08. The Kier molecular flexibility index (Phi) is 14.6. The van der Waals surface area contributed by atoms with Crippen LogP contribution in [0.5, 0.6) is 0 Å². The summed E-state index contributed by atoms with van der Waals surface area (Å²) in [6.07, 6.45) is 12.8. The number of hydrogen-bond donors (Lipinski definition) is 0. The van der Waals surface area contributed by atoms with E-state index in [1.54, 1.807) is 0 Å². The van der Waals surface area contributed by atoms with Crippen LogP contribution in [-0.2, 0) is 42.9 Å². The normalized spacial score (nSPS) is 22.8. The Balaban J connectivity index is 1.64. The van der Waals surface area contributed by atoms with Crippen molar-refractivity contribution in [2.75, 3.05) is 39.6 Å². The molecule has 0 spiro atoms. The van der Waals surface area contributed by atoms with E-state index < -0.39 is 35.6 Å². The van der Waals surface area contributed by atoms with Crippen molar-refractivity contribution in [3.05, 3.63) is 24.3 Å². The molecule has 0 aromatic carbocycles. The molecule has 9 nitrogen and oxygen atoms in total. The lowest BCUT2D eigenvalue weighted by atomic mass is 9.83. The number of ether oxygens (including phenoxy) is 5. The van der Waals surface area contributed by atoms with Crippen LogP contribution >= 0.6 is 0 Å². The minimum Gasteiger partial charge on any atom is -0.465 e. The summed E-state index contributed by atoms with van der Waals surface area (Å²) in [7, 11) is 0. The third-order valence-corrected chi connectivity index (χ3v) is 6.50. The first-order valence-electron chi connectivity index (χ1n) is 13.5. The molecule has 2 aliphatic carbocycles. The zero-order valence-electron chi connectivity index (χ0n) is 22.2. The predicted octanol–water partition coefficient (Wildman–Crippen LogP) is 3.94. The summed E-state index contributed by atoms with van der Waals surface area (Å²) in [5.74, 6) is -3.80. The van der Waals surface area contributed by atoms with E-state index in [2.05, 4.69) is 0 Å². The fourth-order valence-corrected chi connectivity index (χ4v) is 4.24. The molecule has 0 fully saturated rings. The maximum Gasteiger partial charge on any atom is 0.310 e. The first kappa shape index (κ1) is 30.5. The topological polar surface area (TPSA) is 114 Å². The van der Waals surface area contributed by atoms with Crippen LogP contribution in [0.1, 0.15) is 65.2 Å². The Morgan fingerprint density at radius 1 is 0.514 bits per heavy atom. The van der Waals surface area contributed by atoms with E-state index in [9.17, 15) is 19.2 Å². The van der Waals surface area contributed by atoms with Gasteiger partial charge in [0.2, 0.25) is 0 Å². The van der Waals surface area contributed by atoms with Crippen molar-refractivity contribution < 1.29 is 42.9 Å². The van der Waals surface area contributed by atoms with Crippen LogP contribution in [0.3, 0.4) is 0 Å². The first-order valence-corrected chi connectivity index (χ1v) is 13.5. The highest BCUT2D eigenvalue weighted by Crippen LogP contribution is 2.29. The van der Waals surface area contributed by atoms with Gasteiger partial charge < -0.3 is 23.7 Å². The molecule has 0 unspecified atom stereocenters. The average molecular weight is 523 g/mol. The standard InChI is InChI=1S/C28H42O9/c1-3-5-15-34-25(29)21-11-7-9-13-23(21)27(31)36-19-17-33-18-20-37-28(32)24-14-10-8-12-22(24)26(30)35-16-6-4-2/h7-10,21-24H,3-6,11-20H2,1-2H3/t21-,22+,23-,24-/m1/s1. The number of esters is 4. The minimum absolute atomic E-state index is 0.0314. The van der Waals surface area contributed by atoms with Crippen LogP contribution < -0.4 is 0 Å². The molecule has 0 radical (unpaired) electrons. The van der Waals surface area contributed by atoms with Crippen LogP contribution in [0.2, 0.25) is 0 Å². The minimum atomic E-state index is -0.564. The molecule has 0 heterocycles. The highest BCUT2D eigenvalue weighted by Gasteiger charge is 2.37. The molecular weight excluding hydrogens is 480 g/mol. The smallest absolute Gasteiger partial charge is 0.310 e. The monoisotopic (exact) mass is 522 g/mol. The van der Waals surface area contributed by atoms with Crippen molar-refractivity contribution in [3.8, 4) is 0 Å². The van der Waals surface area contributed by atoms with E-state index in [1.165, 1.54) is 0 Å². The van der Waals surface area contributed by atoms with Crippen molar-refractivity contribution in [1.29, 1.82) is 0 Å². The Morgan fingerprint density at radius 3 is 1.11 bits per heavy atom. The summed E-state index contributed by atoms with van der Waals surface area (Å²) in [5.41, 5.74) is 0. The summed E-state index contributed by atoms with van der Waals surface area (Å²) in [6, 6.07) is 0. The maximum absolute atomic E-state index is 12.5. The Bertz CT molecular complexity index is 725. The van der Waals surface area contributed by atoms with Gasteiger partial charge in [-0.1, -0.05) is 51.0 Å². The van der Waals surface area contributed by atoms with Crippen molar-refractivity contribution in [3.63, 3.8) is 0 Å². The second-order valence-corrected chi connectivity index (χ2v) is 9.30. The van der Waals surface area contributed by atoms with E-state index in [-0.39, 0.29) is 38.4 Å². The van der Waals surface area contributed by atoms with Gasteiger partial charge in [0, 0.05) is 0 Å². The number of carbonyl (C=O) groups is 4. The third kappa shape index (κ3) is 10.7. The molecule has 208 valence electrons. The highest BCUT2D eigenvalue weighted by atomic mass is 16.6.